The van der Waals surface area contributed by atoms with E-state index in [1.807, 2.05) is 6.92 Å². The molecule has 0 aromatic heterocycles. The highest BCUT2D eigenvalue weighted by molar-refractivity contribution is 7.92. The Morgan fingerprint density at radius 1 is 1.03 bits per heavy atom. The van der Waals surface area contributed by atoms with Gasteiger partial charge in [-0.1, -0.05) is 25.1 Å². The molecule has 0 bridgehead atoms. The predicted octanol–water partition coefficient (Wildman–Crippen LogP) is 4.00. The van der Waals surface area contributed by atoms with Crippen molar-refractivity contribution in [1.29, 1.82) is 0 Å². The molecule has 2 atom stereocenters. The van der Waals surface area contributed by atoms with Gasteiger partial charge in [0.05, 0.1) is 32.2 Å². The number of benzene rings is 2. The largest absolute Gasteiger partial charge is 0.493 e. The second-order valence-electron chi connectivity index (χ2n) is 8.48. The van der Waals surface area contributed by atoms with Gasteiger partial charge in [0.2, 0.25) is 15.9 Å². The van der Waals surface area contributed by atoms with Crippen LogP contribution >= 0.6 is 0 Å². The van der Waals surface area contributed by atoms with Crippen molar-refractivity contribution < 1.29 is 22.7 Å². The molecule has 1 amide bonds. The molecule has 8 heteroatoms. The zero-order valence-corrected chi connectivity index (χ0v) is 20.9. The Labute approximate surface area is 197 Å². The number of anilines is 1. The lowest BCUT2D eigenvalue weighted by Crippen LogP contribution is -2.48. The van der Waals surface area contributed by atoms with Gasteiger partial charge in [-0.15, -0.1) is 0 Å². The van der Waals surface area contributed by atoms with Crippen LogP contribution in [0.15, 0.2) is 36.4 Å². The molecular formula is C25H34N2O5S. The van der Waals surface area contributed by atoms with Crippen LogP contribution < -0.4 is 19.1 Å². The number of nitrogens with zero attached hydrogens (tertiary/aromatic N) is 1. The van der Waals surface area contributed by atoms with Crippen molar-refractivity contribution in [1.82, 2.24) is 5.32 Å². The average Bonchev–Trinajstić information content (AvgIpc) is 2.81. The van der Waals surface area contributed by atoms with Gasteiger partial charge in [-0.25, -0.2) is 8.42 Å². The number of hydrogen-bond acceptors (Lipinski definition) is 5. The zero-order chi connectivity index (χ0) is 24.2. The summed E-state index contributed by atoms with van der Waals surface area (Å²) in [5.74, 6) is 0.502. The third-order valence-electron chi connectivity index (χ3n) is 6.21. The Bertz CT molecular complexity index is 1100. The summed E-state index contributed by atoms with van der Waals surface area (Å²) in [6.07, 6.45) is 6.36. The lowest BCUT2D eigenvalue weighted by atomic mass is 9.88. The van der Waals surface area contributed by atoms with Gasteiger partial charge in [-0.2, -0.15) is 0 Å². The third kappa shape index (κ3) is 5.61. The van der Waals surface area contributed by atoms with Crippen molar-refractivity contribution in [3.8, 4) is 11.5 Å². The van der Waals surface area contributed by atoms with Crippen LogP contribution in [0.25, 0.3) is 0 Å². The van der Waals surface area contributed by atoms with E-state index >= 15 is 0 Å². The van der Waals surface area contributed by atoms with Crippen molar-refractivity contribution in [2.75, 3.05) is 24.8 Å². The van der Waals surface area contributed by atoms with E-state index < -0.39 is 16.1 Å². The van der Waals surface area contributed by atoms with Gasteiger partial charge in [0.25, 0.3) is 0 Å². The number of carbonyl (C=O) groups excluding carboxylic acids is 1. The van der Waals surface area contributed by atoms with Gasteiger partial charge < -0.3 is 14.8 Å². The zero-order valence-electron chi connectivity index (χ0n) is 20.1. The maximum Gasteiger partial charge on any atom is 0.244 e. The Hall–Kier alpha value is -2.74. The molecule has 3 rings (SSSR count). The van der Waals surface area contributed by atoms with E-state index in [-0.39, 0.29) is 11.9 Å². The van der Waals surface area contributed by atoms with Crippen LogP contribution in [0.1, 0.15) is 55.8 Å². The fraction of sp³-hybridized carbons (Fsp3) is 0.480. The number of aryl methyl sites for hydroxylation is 2. The molecule has 1 aliphatic rings. The molecule has 33 heavy (non-hydrogen) atoms. The number of fused-ring (bicyclic) bond motifs is 1. The Morgan fingerprint density at radius 2 is 1.70 bits per heavy atom. The summed E-state index contributed by atoms with van der Waals surface area (Å²) < 4.78 is 37.1. The molecule has 0 fully saturated rings. The summed E-state index contributed by atoms with van der Waals surface area (Å²) in [6, 6.07) is 10.1. The molecule has 2 unspecified atom stereocenters. The summed E-state index contributed by atoms with van der Waals surface area (Å²) in [4.78, 5) is 13.2. The lowest BCUT2D eigenvalue weighted by molar-refractivity contribution is -0.122. The fourth-order valence-electron chi connectivity index (χ4n) is 4.45. The smallest absolute Gasteiger partial charge is 0.244 e. The summed E-state index contributed by atoms with van der Waals surface area (Å²) in [5.41, 5.74) is 4.12. The molecule has 180 valence electrons. The average molecular weight is 475 g/mol. The van der Waals surface area contributed by atoms with Gasteiger partial charge in [-0.05, 0) is 67.9 Å². The topological polar surface area (TPSA) is 84.9 Å². The minimum Gasteiger partial charge on any atom is -0.493 e. The number of carbonyl (C=O) groups is 1. The van der Waals surface area contributed by atoms with Crippen molar-refractivity contribution in [3.05, 3.63) is 53.1 Å². The van der Waals surface area contributed by atoms with Crippen LogP contribution in [0.4, 0.5) is 5.69 Å². The number of ether oxygens (including phenoxy) is 2. The highest BCUT2D eigenvalue weighted by atomic mass is 32.2. The predicted molar refractivity (Wildman–Crippen MR) is 131 cm³/mol. The van der Waals surface area contributed by atoms with Gasteiger partial charge in [0.1, 0.15) is 6.04 Å². The summed E-state index contributed by atoms with van der Waals surface area (Å²) in [5, 5.41) is 3.06. The molecule has 2 aromatic rings. The van der Waals surface area contributed by atoms with Gasteiger partial charge in [0, 0.05) is 6.07 Å². The van der Waals surface area contributed by atoms with Crippen molar-refractivity contribution in [3.63, 3.8) is 0 Å². The summed E-state index contributed by atoms with van der Waals surface area (Å²) >= 11 is 0. The second-order valence-corrected chi connectivity index (χ2v) is 10.3. The number of rotatable bonds is 9. The van der Waals surface area contributed by atoms with Crippen LogP contribution in [0.5, 0.6) is 11.5 Å². The molecule has 0 radical (unpaired) electrons. The first kappa shape index (κ1) is 24.9. The second kappa shape index (κ2) is 10.5. The number of methoxy groups -OCH3 is 2. The minimum atomic E-state index is -3.75. The Balaban J connectivity index is 1.86. The van der Waals surface area contributed by atoms with Gasteiger partial charge in [-0.3, -0.25) is 9.10 Å². The third-order valence-corrected chi connectivity index (χ3v) is 7.45. The van der Waals surface area contributed by atoms with E-state index in [0.29, 0.717) is 23.6 Å². The Kier molecular flexibility index (Phi) is 7.89. The normalized spacial score (nSPS) is 15.2. The molecule has 1 aliphatic carbocycles. The maximum absolute atomic E-state index is 13.2. The van der Waals surface area contributed by atoms with E-state index in [9.17, 15) is 13.2 Å². The molecule has 0 aliphatic heterocycles. The van der Waals surface area contributed by atoms with Crippen LogP contribution in [-0.2, 0) is 27.7 Å². The van der Waals surface area contributed by atoms with Crippen LogP contribution in [0, 0.1) is 0 Å². The Morgan fingerprint density at radius 3 is 2.30 bits per heavy atom. The number of hydrogen-bond donors (Lipinski definition) is 1. The standard InChI is InChI=1S/C25H34N2O5S/c1-6-22(20-12-11-18-9-7-8-10-19(18)15-20)26-25(28)17(2)27(33(5,29)30)21-13-14-23(31-3)24(16-21)32-4/h11-17,22H,6-10H2,1-5H3,(H,26,28). The van der Waals surface area contributed by atoms with Gasteiger partial charge in [0.15, 0.2) is 11.5 Å². The van der Waals surface area contributed by atoms with Crippen molar-refractivity contribution in [2.45, 2.75) is 58.0 Å². The lowest BCUT2D eigenvalue weighted by Gasteiger charge is -2.30. The van der Waals surface area contributed by atoms with E-state index in [1.165, 1.54) is 38.2 Å². The quantitative estimate of drug-likeness (QED) is 0.594. The molecule has 0 spiro atoms. The van der Waals surface area contributed by atoms with E-state index in [2.05, 4.69) is 23.5 Å². The minimum absolute atomic E-state index is 0.195. The highest BCUT2D eigenvalue weighted by Crippen LogP contribution is 2.33. The number of sulfonamides is 1. The summed E-state index contributed by atoms with van der Waals surface area (Å²) in [7, 11) is -0.763. The first-order valence-corrected chi connectivity index (χ1v) is 13.2. The van der Waals surface area contributed by atoms with Crippen molar-refractivity contribution in [2.24, 2.45) is 0 Å². The SMILES string of the molecule is CCC(NC(=O)C(C)N(c1ccc(OC)c(OC)c1)S(C)(=O)=O)c1ccc2c(c1)CCCC2. The highest BCUT2D eigenvalue weighted by Gasteiger charge is 2.31. The summed E-state index contributed by atoms with van der Waals surface area (Å²) in [6.45, 7) is 3.60. The molecule has 0 saturated heterocycles. The van der Waals surface area contributed by atoms with E-state index in [1.54, 1.807) is 25.1 Å². The van der Waals surface area contributed by atoms with Crippen molar-refractivity contribution >= 4 is 21.6 Å². The number of amides is 1. The first-order chi connectivity index (χ1) is 15.7. The number of nitrogens with one attached hydrogen (secondary N) is 1. The molecular weight excluding hydrogens is 440 g/mol. The van der Waals surface area contributed by atoms with E-state index in [0.717, 1.165) is 29.0 Å². The first-order valence-electron chi connectivity index (χ1n) is 11.3. The molecule has 0 heterocycles. The molecule has 2 aromatic carbocycles. The van der Waals surface area contributed by atoms with Crippen LogP contribution in [0.2, 0.25) is 0 Å². The van der Waals surface area contributed by atoms with Crippen LogP contribution in [-0.4, -0.2) is 40.8 Å². The monoisotopic (exact) mass is 474 g/mol. The fourth-order valence-corrected chi connectivity index (χ4v) is 5.62. The maximum atomic E-state index is 13.2. The molecule has 1 N–H and O–H groups in total. The van der Waals surface area contributed by atoms with Gasteiger partial charge >= 0.3 is 0 Å². The molecule has 0 saturated carbocycles. The van der Waals surface area contributed by atoms with E-state index in [4.69, 9.17) is 9.47 Å². The molecule has 7 nitrogen and oxygen atoms in total. The van der Waals surface area contributed by atoms with Crippen LogP contribution in [0.3, 0.4) is 0 Å².